The standard InChI is InChI=1S/C13H7Cl6N3O3S/c1-26(24,25)7-4-2-6(3-5-7)8(23)9-20-10(12(14,15)16)22-11(21-9)13(17,18)19/h2-5H,1H3. The number of halogens is 6. The van der Waals surface area contributed by atoms with Crippen LogP contribution < -0.4 is 0 Å². The lowest BCUT2D eigenvalue weighted by molar-refractivity contribution is 0.102. The first-order valence-electron chi connectivity index (χ1n) is 6.45. The van der Waals surface area contributed by atoms with Gasteiger partial charge in [0.05, 0.1) is 4.90 Å². The maximum Gasteiger partial charge on any atom is 0.250 e. The minimum absolute atomic E-state index is 0.0358. The third kappa shape index (κ3) is 5.32. The summed E-state index contributed by atoms with van der Waals surface area (Å²) in [6.07, 6.45) is 1.04. The Morgan fingerprint density at radius 3 is 1.62 bits per heavy atom. The molecule has 0 atom stereocenters. The molecule has 2 rings (SSSR count). The smallest absolute Gasteiger partial charge is 0.250 e. The van der Waals surface area contributed by atoms with Crippen LogP contribution >= 0.6 is 69.6 Å². The zero-order valence-electron chi connectivity index (χ0n) is 12.6. The Labute approximate surface area is 178 Å². The monoisotopic (exact) mass is 495 g/mol. The van der Waals surface area contributed by atoms with Crippen LogP contribution in [0.1, 0.15) is 27.8 Å². The molecule has 0 N–H and O–H groups in total. The van der Waals surface area contributed by atoms with Crippen LogP contribution in [-0.4, -0.2) is 35.4 Å². The predicted octanol–water partition coefficient (Wildman–Crippen LogP) is 4.16. The Kier molecular flexibility index (Phi) is 6.35. The van der Waals surface area contributed by atoms with Crippen molar-refractivity contribution in [2.75, 3.05) is 6.26 Å². The second-order valence-corrected chi connectivity index (χ2v) is 11.5. The molecule has 1 heterocycles. The fraction of sp³-hybridized carbons (Fsp3) is 0.231. The van der Waals surface area contributed by atoms with E-state index < -0.39 is 40.7 Å². The van der Waals surface area contributed by atoms with Crippen molar-refractivity contribution in [3.05, 3.63) is 47.3 Å². The highest BCUT2D eigenvalue weighted by molar-refractivity contribution is 7.90. The van der Waals surface area contributed by atoms with Gasteiger partial charge >= 0.3 is 0 Å². The number of hydrogen-bond donors (Lipinski definition) is 0. The van der Waals surface area contributed by atoms with Crippen LogP contribution in [0.15, 0.2) is 29.2 Å². The van der Waals surface area contributed by atoms with Gasteiger partial charge in [0.2, 0.25) is 19.2 Å². The van der Waals surface area contributed by atoms with E-state index in [1.165, 1.54) is 24.3 Å². The van der Waals surface area contributed by atoms with Gasteiger partial charge in [-0.3, -0.25) is 4.79 Å². The molecule has 6 nitrogen and oxygen atoms in total. The molecule has 0 radical (unpaired) electrons. The lowest BCUT2D eigenvalue weighted by Gasteiger charge is -2.15. The number of alkyl halides is 6. The van der Waals surface area contributed by atoms with Crippen molar-refractivity contribution < 1.29 is 13.2 Å². The van der Waals surface area contributed by atoms with Gasteiger partial charge in [-0.25, -0.2) is 23.4 Å². The molecule has 1 aromatic heterocycles. The first kappa shape index (κ1) is 21.9. The molecule has 0 amide bonds. The van der Waals surface area contributed by atoms with Gasteiger partial charge in [0.25, 0.3) is 0 Å². The quantitative estimate of drug-likeness (QED) is 0.467. The van der Waals surface area contributed by atoms with Crippen molar-refractivity contribution >= 4 is 85.2 Å². The summed E-state index contributed by atoms with van der Waals surface area (Å²) in [7, 11) is -3.42. The Bertz CT molecular complexity index is 920. The van der Waals surface area contributed by atoms with Crippen LogP contribution in [0.2, 0.25) is 0 Å². The number of rotatable bonds is 3. The summed E-state index contributed by atoms with van der Waals surface area (Å²) in [5.74, 6) is -1.96. The van der Waals surface area contributed by atoms with E-state index in [1.807, 2.05) is 0 Å². The summed E-state index contributed by atoms with van der Waals surface area (Å²) in [5, 5.41) is 0. The van der Waals surface area contributed by atoms with Gasteiger partial charge in [-0.05, 0) is 24.3 Å². The van der Waals surface area contributed by atoms with Crippen LogP contribution in [0.25, 0.3) is 0 Å². The van der Waals surface area contributed by atoms with E-state index in [0.717, 1.165) is 6.26 Å². The molecule has 0 unspecified atom stereocenters. The molecule has 0 aliphatic heterocycles. The molecule has 0 spiro atoms. The second kappa shape index (κ2) is 7.54. The highest BCUT2D eigenvalue weighted by atomic mass is 35.6. The normalized spacial score (nSPS) is 12.9. The van der Waals surface area contributed by atoms with Gasteiger partial charge in [0, 0.05) is 11.8 Å². The van der Waals surface area contributed by atoms with Crippen molar-refractivity contribution in [2.45, 2.75) is 12.5 Å². The maximum atomic E-state index is 12.6. The molecule has 26 heavy (non-hydrogen) atoms. The first-order chi connectivity index (χ1) is 11.7. The third-order valence-electron chi connectivity index (χ3n) is 2.89. The van der Waals surface area contributed by atoms with Gasteiger partial charge in [-0.15, -0.1) is 0 Å². The van der Waals surface area contributed by atoms with E-state index in [0.29, 0.717) is 0 Å². The summed E-state index contributed by atoms with van der Waals surface area (Å²) in [4.78, 5) is 24.0. The zero-order chi connectivity index (χ0) is 19.9. The molecule has 0 aliphatic rings. The molecular formula is C13H7Cl6N3O3S. The molecule has 140 valence electrons. The molecule has 0 fully saturated rings. The van der Waals surface area contributed by atoms with E-state index in [-0.39, 0.29) is 10.5 Å². The first-order valence-corrected chi connectivity index (χ1v) is 10.6. The van der Waals surface area contributed by atoms with Crippen LogP contribution in [0.3, 0.4) is 0 Å². The SMILES string of the molecule is CS(=O)(=O)c1ccc(C(=O)c2nc(C(Cl)(Cl)Cl)nc(C(Cl)(Cl)Cl)n2)cc1. The van der Waals surface area contributed by atoms with Crippen molar-refractivity contribution in [1.29, 1.82) is 0 Å². The van der Waals surface area contributed by atoms with Crippen LogP contribution in [-0.2, 0) is 17.4 Å². The summed E-state index contributed by atoms with van der Waals surface area (Å²) in [5.41, 5.74) is 0.0779. The van der Waals surface area contributed by atoms with Crippen LogP contribution in [0.5, 0.6) is 0 Å². The average molecular weight is 498 g/mol. The molecule has 13 heteroatoms. The molecule has 1 aromatic carbocycles. The fourth-order valence-electron chi connectivity index (χ4n) is 1.71. The minimum Gasteiger partial charge on any atom is -0.285 e. The van der Waals surface area contributed by atoms with Gasteiger partial charge in [0.15, 0.2) is 21.5 Å². The number of ketones is 1. The Morgan fingerprint density at radius 1 is 0.846 bits per heavy atom. The van der Waals surface area contributed by atoms with Gasteiger partial charge in [0.1, 0.15) is 0 Å². The van der Waals surface area contributed by atoms with Crippen LogP contribution in [0, 0.1) is 0 Å². The van der Waals surface area contributed by atoms with Gasteiger partial charge in [-0.1, -0.05) is 69.6 Å². The van der Waals surface area contributed by atoms with E-state index in [4.69, 9.17) is 69.6 Å². The van der Waals surface area contributed by atoms with Crippen LogP contribution in [0.4, 0.5) is 0 Å². The average Bonchev–Trinajstić information content (AvgIpc) is 2.51. The van der Waals surface area contributed by atoms with Crippen molar-refractivity contribution in [2.24, 2.45) is 0 Å². The Balaban J connectivity index is 2.55. The molecule has 0 saturated heterocycles. The second-order valence-electron chi connectivity index (χ2n) is 4.93. The van der Waals surface area contributed by atoms with Crippen molar-refractivity contribution in [1.82, 2.24) is 15.0 Å². The number of nitrogens with zero attached hydrogens (tertiary/aromatic N) is 3. The predicted molar refractivity (Wildman–Crippen MR) is 101 cm³/mol. The molecule has 0 bridgehead atoms. The van der Waals surface area contributed by atoms with E-state index in [1.54, 1.807) is 0 Å². The highest BCUT2D eigenvalue weighted by Crippen LogP contribution is 2.40. The molecular weight excluding hydrogens is 491 g/mol. The van der Waals surface area contributed by atoms with Crippen molar-refractivity contribution in [3.8, 4) is 0 Å². The van der Waals surface area contributed by atoms with Gasteiger partial charge < -0.3 is 0 Å². The molecule has 0 saturated carbocycles. The minimum atomic E-state index is -3.42. The number of benzene rings is 1. The van der Waals surface area contributed by atoms with E-state index in [2.05, 4.69) is 15.0 Å². The third-order valence-corrected chi connectivity index (χ3v) is 5.03. The van der Waals surface area contributed by atoms with E-state index >= 15 is 0 Å². The Morgan fingerprint density at radius 2 is 1.27 bits per heavy atom. The summed E-state index contributed by atoms with van der Waals surface area (Å²) in [6, 6.07) is 5.09. The molecule has 2 aromatic rings. The van der Waals surface area contributed by atoms with Crippen molar-refractivity contribution in [3.63, 3.8) is 0 Å². The van der Waals surface area contributed by atoms with Gasteiger partial charge in [-0.2, -0.15) is 0 Å². The maximum absolute atomic E-state index is 12.6. The number of sulfone groups is 1. The molecule has 0 aliphatic carbocycles. The zero-order valence-corrected chi connectivity index (χ0v) is 17.9. The number of aromatic nitrogens is 3. The number of hydrogen-bond acceptors (Lipinski definition) is 6. The highest BCUT2D eigenvalue weighted by Gasteiger charge is 2.35. The fourth-order valence-corrected chi connectivity index (χ4v) is 2.85. The summed E-state index contributed by atoms with van der Waals surface area (Å²) >= 11 is 34.5. The summed E-state index contributed by atoms with van der Waals surface area (Å²) < 4.78 is 18.8. The topological polar surface area (TPSA) is 89.9 Å². The number of carbonyl (C=O) groups is 1. The number of carbonyl (C=O) groups excluding carboxylic acids is 1. The largest absolute Gasteiger partial charge is 0.285 e. The summed E-state index contributed by atoms with van der Waals surface area (Å²) in [6.45, 7) is 0. The lowest BCUT2D eigenvalue weighted by Crippen LogP contribution is -2.20. The van der Waals surface area contributed by atoms with E-state index in [9.17, 15) is 13.2 Å². The Hall–Kier alpha value is -0.410. The lowest BCUT2D eigenvalue weighted by atomic mass is 10.1.